The second-order valence-electron chi connectivity index (χ2n) is 2.57. The summed E-state index contributed by atoms with van der Waals surface area (Å²) in [6, 6.07) is -0.00463. The van der Waals surface area contributed by atoms with Crippen molar-refractivity contribution in [1.82, 2.24) is 0 Å². The largest absolute Gasteiger partial charge is 0.437 e. The van der Waals surface area contributed by atoms with Crippen LogP contribution in [0.1, 0.15) is 20.8 Å². The van der Waals surface area contributed by atoms with Gasteiger partial charge < -0.3 is 5.11 Å². The third kappa shape index (κ3) is 2.31. The van der Waals surface area contributed by atoms with Crippen LogP contribution in [0.15, 0.2) is 17.6 Å². The zero-order valence-corrected chi connectivity index (χ0v) is 6.89. The fourth-order valence-electron chi connectivity index (χ4n) is 0.549. The normalized spacial score (nSPS) is 20.4. The van der Waals surface area contributed by atoms with Crippen molar-refractivity contribution in [2.45, 2.75) is 32.4 Å². The van der Waals surface area contributed by atoms with E-state index in [-0.39, 0.29) is 6.04 Å². The Morgan fingerprint density at radius 2 is 2.20 bits per heavy atom. The summed E-state index contributed by atoms with van der Waals surface area (Å²) in [5, 5.41) is 7.65. The molecule has 0 unspecified atom stereocenters. The molecule has 10 heavy (non-hydrogen) atoms. The average Bonchev–Trinajstić information content (AvgIpc) is 1.89. The Balaban J connectivity index is 4.16. The molecule has 0 aromatic rings. The summed E-state index contributed by atoms with van der Waals surface area (Å²) in [5.74, 6) is 0. The maximum absolute atomic E-state index is 7.65. The van der Waals surface area contributed by atoms with Crippen LogP contribution in [0, 0.1) is 0 Å². The summed E-state index contributed by atoms with van der Waals surface area (Å²) in [4.78, 5) is 4.08. The minimum atomic E-state index is -0.632. The van der Waals surface area contributed by atoms with E-state index in [2.05, 4.69) is 11.6 Å². The SMILES string of the molecule is C=C[C@](C)([OH2+])[C@H](C)N=CC. The standard InChI is InChI=1S/C8H15NO/c1-5-8(4,10)7(3)9-6-2/h5-7,10H,1H2,2-4H3/p+1/t7-,8-/m0/s1. The minimum Gasteiger partial charge on any atom is -0.437 e. The van der Waals surface area contributed by atoms with E-state index in [9.17, 15) is 0 Å². The van der Waals surface area contributed by atoms with Gasteiger partial charge in [-0.15, -0.1) is 0 Å². The molecule has 0 heterocycles. The molecule has 0 fully saturated rings. The Kier molecular flexibility index (Phi) is 3.30. The Morgan fingerprint density at radius 1 is 1.70 bits per heavy atom. The quantitative estimate of drug-likeness (QED) is 0.322. The van der Waals surface area contributed by atoms with E-state index in [0.29, 0.717) is 0 Å². The molecule has 58 valence electrons. The van der Waals surface area contributed by atoms with Crippen molar-refractivity contribution in [3.63, 3.8) is 0 Å². The van der Waals surface area contributed by atoms with Gasteiger partial charge in [0, 0.05) is 6.92 Å². The Bertz CT molecular complexity index is 138. The van der Waals surface area contributed by atoms with Gasteiger partial charge in [-0.25, -0.2) is 0 Å². The lowest BCUT2D eigenvalue weighted by atomic mass is 9.99. The predicted octanol–water partition coefficient (Wildman–Crippen LogP) is 1.13. The van der Waals surface area contributed by atoms with Crippen LogP contribution in [0.25, 0.3) is 0 Å². The topological polar surface area (TPSA) is 35.3 Å². The maximum atomic E-state index is 7.65. The first kappa shape index (κ1) is 9.37. The molecule has 0 spiro atoms. The van der Waals surface area contributed by atoms with E-state index in [4.69, 9.17) is 5.11 Å². The van der Waals surface area contributed by atoms with Gasteiger partial charge in [-0.1, -0.05) is 6.58 Å². The molecule has 0 bridgehead atoms. The molecule has 0 aromatic carbocycles. The highest BCUT2D eigenvalue weighted by atomic mass is 16.3. The van der Waals surface area contributed by atoms with Crippen LogP contribution < -0.4 is 0 Å². The van der Waals surface area contributed by atoms with Crippen molar-refractivity contribution >= 4 is 6.21 Å². The summed E-state index contributed by atoms with van der Waals surface area (Å²) in [7, 11) is 0. The summed E-state index contributed by atoms with van der Waals surface area (Å²) >= 11 is 0. The molecule has 2 N–H and O–H groups in total. The van der Waals surface area contributed by atoms with E-state index in [1.807, 2.05) is 13.8 Å². The average molecular weight is 142 g/mol. The van der Waals surface area contributed by atoms with Gasteiger partial charge in [0.1, 0.15) is 6.04 Å². The molecular weight excluding hydrogens is 126 g/mol. The molecule has 2 heteroatoms. The molecule has 0 rings (SSSR count). The van der Waals surface area contributed by atoms with Gasteiger partial charge in [-0.2, -0.15) is 0 Å². The number of aliphatic imine (C=N–C) groups is 1. The van der Waals surface area contributed by atoms with Crippen LogP contribution in [0.3, 0.4) is 0 Å². The summed E-state index contributed by atoms with van der Waals surface area (Å²) in [6.07, 6.45) is 3.34. The van der Waals surface area contributed by atoms with Crippen LogP contribution >= 0.6 is 0 Å². The molecule has 0 aliphatic rings. The van der Waals surface area contributed by atoms with Crippen LogP contribution in [0.4, 0.5) is 0 Å². The smallest absolute Gasteiger partial charge is 0.201 e. The molecule has 0 saturated carbocycles. The fourth-order valence-corrected chi connectivity index (χ4v) is 0.549. The molecule has 0 radical (unpaired) electrons. The molecule has 0 aliphatic carbocycles. The minimum absolute atomic E-state index is 0.00463. The van der Waals surface area contributed by atoms with Crippen LogP contribution in [0.2, 0.25) is 0 Å². The van der Waals surface area contributed by atoms with Crippen molar-refractivity contribution < 1.29 is 5.11 Å². The maximum Gasteiger partial charge on any atom is 0.201 e. The van der Waals surface area contributed by atoms with E-state index >= 15 is 0 Å². The summed E-state index contributed by atoms with van der Waals surface area (Å²) in [6.45, 7) is 9.15. The van der Waals surface area contributed by atoms with Gasteiger partial charge >= 0.3 is 0 Å². The van der Waals surface area contributed by atoms with Crippen molar-refractivity contribution in [1.29, 1.82) is 0 Å². The van der Waals surface area contributed by atoms with Crippen molar-refractivity contribution in [2.75, 3.05) is 0 Å². The van der Waals surface area contributed by atoms with E-state index in [1.165, 1.54) is 0 Å². The molecule has 0 amide bonds. The van der Waals surface area contributed by atoms with Crippen LogP contribution in [0.5, 0.6) is 0 Å². The second kappa shape index (κ2) is 3.52. The van der Waals surface area contributed by atoms with E-state index < -0.39 is 5.60 Å². The lowest BCUT2D eigenvalue weighted by Gasteiger charge is -2.17. The second-order valence-corrected chi connectivity index (χ2v) is 2.57. The monoisotopic (exact) mass is 142 g/mol. The highest BCUT2D eigenvalue weighted by Crippen LogP contribution is 2.12. The van der Waals surface area contributed by atoms with Crippen molar-refractivity contribution in [2.24, 2.45) is 4.99 Å². The summed E-state index contributed by atoms with van der Waals surface area (Å²) < 4.78 is 0. The lowest BCUT2D eigenvalue weighted by Crippen LogP contribution is -2.33. The molecule has 0 aliphatic heterocycles. The molecule has 2 nitrogen and oxygen atoms in total. The number of nitrogens with zero attached hydrogens (tertiary/aromatic N) is 1. The first-order chi connectivity index (χ1) is 4.54. The number of hydrogen-bond acceptors (Lipinski definition) is 1. The first-order valence-electron chi connectivity index (χ1n) is 3.41. The molecule has 2 atom stereocenters. The Hall–Kier alpha value is -0.630. The van der Waals surface area contributed by atoms with Gasteiger partial charge in [0.2, 0.25) is 5.60 Å². The first-order valence-corrected chi connectivity index (χ1v) is 3.41. The lowest BCUT2D eigenvalue weighted by molar-refractivity contribution is 0.0899. The summed E-state index contributed by atoms with van der Waals surface area (Å²) in [5.41, 5.74) is -0.632. The zero-order chi connectivity index (χ0) is 8.20. The van der Waals surface area contributed by atoms with Gasteiger partial charge in [0.15, 0.2) is 0 Å². The number of hydrogen-bond donors (Lipinski definition) is 0. The molecule has 0 aromatic heterocycles. The zero-order valence-electron chi connectivity index (χ0n) is 6.89. The fraction of sp³-hybridized carbons (Fsp3) is 0.625. The van der Waals surface area contributed by atoms with Gasteiger partial charge in [-0.05, 0) is 26.1 Å². The van der Waals surface area contributed by atoms with Gasteiger partial charge in [0.05, 0.1) is 0 Å². The van der Waals surface area contributed by atoms with Crippen LogP contribution in [-0.4, -0.2) is 23.0 Å². The molecule has 0 saturated heterocycles. The number of rotatable bonds is 3. The predicted molar refractivity (Wildman–Crippen MR) is 45.8 cm³/mol. The highest BCUT2D eigenvalue weighted by molar-refractivity contribution is 5.53. The highest BCUT2D eigenvalue weighted by Gasteiger charge is 2.28. The van der Waals surface area contributed by atoms with Crippen molar-refractivity contribution in [3.8, 4) is 0 Å². The molecular formula is C8H16NO+. The van der Waals surface area contributed by atoms with E-state index in [1.54, 1.807) is 19.2 Å². The van der Waals surface area contributed by atoms with E-state index in [0.717, 1.165) is 0 Å². The Labute approximate surface area is 62.3 Å². The Morgan fingerprint density at radius 3 is 2.50 bits per heavy atom. The van der Waals surface area contributed by atoms with Crippen LogP contribution in [-0.2, 0) is 0 Å². The van der Waals surface area contributed by atoms with Crippen molar-refractivity contribution in [3.05, 3.63) is 12.7 Å². The van der Waals surface area contributed by atoms with Gasteiger partial charge in [0.25, 0.3) is 0 Å². The van der Waals surface area contributed by atoms with Gasteiger partial charge in [-0.3, -0.25) is 4.99 Å². The third-order valence-electron chi connectivity index (χ3n) is 1.66. The third-order valence-corrected chi connectivity index (χ3v) is 1.66.